The van der Waals surface area contributed by atoms with Gasteiger partial charge in [0, 0.05) is 137 Å². The maximum absolute atomic E-state index is 15.4. The third-order valence-corrected chi connectivity index (χ3v) is 25.1. The van der Waals surface area contributed by atoms with Crippen LogP contribution in [0.5, 0.6) is 11.5 Å². The highest BCUT2D eigenvalue weighted by Crippen LogP contribution is 3.10. The van der Waals surface area contributed by atoms with Crippen LogP contribution in [0.4, 0.5) is 31.4 Å². The molecule has 14 rings (SSSR count). The fourth-order valence-corrected chi connectivity index (χ4v) is 19.8. The monoisotopic (exact) mass is 1630 g/mol. The van der Waals surface area contributed by atoms with E-state index in [0.29, 0.717) is 106 Å². The van der Waals surface area contributed by atoms with Crippen molar-refractivity contribution < 1.29 is 99.8 Å². The normalized spacial score (nSPS) is 23.6. The molecule has 0 spiro atoms. The van der Waals surface area contributed by atoms with E-state index in [2.05, 4.69) is 16.0 Å². The molecule has 3 aliphatic heterocycles. The first-order chi connectivity index (χ1) is 54.8. The van der Waals surface area contributed by atoms with E-state index in [4.69, 9.17) is 71.4 Å². The fourth-order valence-electron chi connectivity index (χ4n) is 18.8. The van der Waals surface area contributed by atoms with E-state index in [9.17, 15) is 47.8 Å². The van der Waals surface area contributed by atoms with Crippen molar-refractivity contribution in [3.05, 3.63) is 114 Å². The van der Waals surface area contributed by atoms with E-state index in [0.717, 1.165) is 33.5 Å². The first-order valence-corrected chi connectivity index (χ1v) is 41.9. The van der Waals surface area contributed by atoms with Gasteiger partial charge in [-0.15, -0.1) is 23.2 Å². The topological polar surface area (TPSA) is 369 Å². The predicted molar refractivity (Wildman–Crippen MR) is 420 cm³/mol. The van der Waals surface area contributed by atoms with Crippen molar-refractivity contribution in [2.24, 2.45) is 63.9 Å². The number of hydrogen-bond acceptors (Lipinski definition) is 20. The summed E-state index contributed by atoms with van der Waals surface area (Å²) in [6, 6.07) is 23.5. The van der Waals surface area contributed by atoms with Crippen molar-refractivity contribution in [1.29, 1.82) is 0 Å². The number of nitrogens with zero attached hydrogens (tertiary/aromatic N) is 5. The summed E-state index contributed by atoms with van der Waals surface area (Å²) in [5, 5.41) is 11.1. The second-order valence-electron chi connectivity index (χ2n) is 30.8. The number of carbonyl (C=O) groups excluding carboxylic acids is 10. The first kappa shape index (κ1) is 83.1. The molecule has 6 N–H and O–H groups in total. The molecule has 5 aromatic rings. The number of anilines is 3. The van der Waals surface area contributed by atoms with Gasteiger partial charge in [0.2, 0.25) is 23.6 Å². The van der Waals surface area contributed by atoms with Gasteiger partial charge < -0.3 is 88.6 Å². The van der Waals surface area contributed by atoms with E-state index in [1.165, 1.54) is 29.0 Å². The summed E-state index contributed by atoms with van der Waals surface area (Å²) in [6.45, 7) is 9.32. The van der Waals surface area contributed by atoms with Crippen molar-refractivity contribution in [3.8, 4) is 11.5 Å². The Hall–Kier alpha value is -8.81. The molecule has 114 heavy (non-hydrogen) atoms. The number of primary amides is 1. The van der Waals surface area contributed by atoms with E-state index >= 15 is 9.59 Å². The van der Waals surface area contributed by atoms with Gasteiger partial charge in [-0.25, -0.2) is 18.9 Å². The molecule has 4 unspecified atom stereocenters. The highest BCUT2D eigenvalue weighted by atomic mass is 35.5. The summed E-state index contributed by atoms with van der Waals surface area (Å²) < 4.78 is 63.1. The molecule has 10 amide bonds. The smallest absolute Gasteiger partial charge is 0.415 e. The lowest BCUT2D eigenvalue weighted by Crippen LogP contribution is -3.12. The number of carbonyl (C=O) groups is 10. The second-order valence-corrected chi connectivity index (χ2v) is 33.2. The molecule has 0 saturated heterocycles. The molecule has 0 bridgehead atoms. The lowest BCUT2D eigenvalue weighted by molar-refractivity contribution is -0.623. The van der Waals surface area contributed by atoms with Gasteiger partial charge in [0.25, 0.3) is 11.8 Å². The Morgan fingerprint density at radius 3 is 1.56 bits per heavy atom. The van der Waals surface area contributed by atoms with E-state index in [1.807, 2.05) is 58.3 Å². The highest BCUT2D eigenvalue weighted by molar-refractivity contribution is 7.52. The number of rotatable bonds is 44. The lowest BCUT2D eigenvalue weighted by Gasteiger charge is -3.09. The largest absolute Gasteiger partial charge is 0.445 e. The zero-order chi connectivity index (χ0) is 80.9. The molecule has 9 aliphatic rings. The Morgan fingerprint density at radius 2 is 1.09 bits per heavy atom. The van der Waals surface area contributed by atoms with Crippen LogP contribution in [-0.4, -0.2) is 236 Å². The quantitative estimate of drug-likeness (QED) is 0.0106. The number of nitrogens with two attached hydrogens (primary N) is 1. The van der Waals surface area contributed by atoms with Crippen molar-refractivity contribution in [3.63, 3.8) is 0 Å². The Morgan fingerprint density at radius 1 is 0.632 bits per heavy atom. The Labute approximate surface area is 670 Å². The van der Waals surface area contributed by atoms with Crippen LogP contribution in [0.3, 0.4) is 0 Å². The van der Waals surface area contributed by atoms with Crippen molar-refractivity contribution in [2.75, 3.05) is 166 Å². The minimum Gasteiger partial charge on any atom is -0.445 e. The zero-order valence-electron chi connectivity index (χ0n) is 64.4. The molecule has 6 saturated carbocycles. The number of nitrogens with one attached hydrogen (secondary N) is 3. The molecular formula is C81H98Cl2N9O21P. The molecule has 5 atom stereocenters. The standard InChI is InChI=1S/C81H98Cl2N9O21P/c1-47(2)73(87-62(94)22-27-105-29-31-107-33-35-109-37-38-110-36-34-108-32-30-106-28-26-90-63(95)20-21-64(90)96)59(93)39-49(11-10-23-85-77(84)100)74(97)86-52-18-16-48(17-19-52)46-111-78(101)88(3)24-25-89(4)79(102)112-60-40-57-65(55-14-8-6-12-53(55)60)50(42-82)44-91(57)75(98)80-67-70-68(80)72-69(80)71(67)81(70,72)76(99)92-45-51(43-83)66-56-15-9-7-13-54(56)61(41-58(66)92)113-114(5,103)104/h6-9,12-21,40-41,47,49-51,67-73H,10-11,22-39,42-46H2,1-5H3,(H,86,97)(H,87,94)(H,103,104)(H3,84,85,100)/t49-,50?,51?,67?,68?,69?,70?,71?,72?,73?,80?,81?/m1/s1. The van der Waals surface area contributed by atoms with Crippen molar-refractivity contribution >= 4 is 129 Å². The Bertz CT molecular complexity index is 4510. The molecule has 6 fully saturated rings. The molecule has 33 heteroatoms. The van der Waals surface area contributed by atoms with Gasteiger partial charge in [0.1, 0.15) is 18.1 Å². The molecule has 612 valence electrons. The molecule has 30 nitrogen and oxygen atoms in total. The molecule has 0 aromatic heterocycles. The zero-order valence-corrected chi connectivity index (χ0v) is 66.8. The summed E-state index contributed by atoms with van der Waals surface area (Å²) >= 11 is 13.4. The number of fused-ring (bicyclic) bond motifs is 6. The lowest BCUT2D eigenvalue weighted by atomic mass is 8.92. The van der Waals surface area contributed by atoms with Gasteiger partial charge in [-0.3, -0.25) is 38.5 Å². The highest BCUT2D eigenvalue weighted by Gasteiger charge is 3.13. The van der Waals surface area contributed by atoms with Crippen LogP contribution in [-0.2, 0) is 77.9 Å². The minimum absolute atomic E-state index is 0.0193. The van der Waals surface area contributed by atoms with E-state index < -0.39 is 60.4 Å². The Kier molecular flexibility index (Phi) is 26.1. The number of urea groups is 1. The Balaban J connectivity index is 0.526. The van der Waals surface area contributed by atoms with Gasteiger partial charge in [-0.05, 0) is 93.9 Å². The fraction of sp³-hybridized carbons (Fsp3) is 0.531. The number of halogens is 2. The number of hydrogen-bond donors (Lipinski definition) is 5. The number of amides is 10. The van der Waals surface area contributed by atoms with Gasteiger partial charge in [-0.1, -0.05) is 74.5 Å². The van der Waals surface area contributed by atoms with Gasteiger partial charge in [-0.2, -0.15) is 0 Å². The molecule has 0 radical (unpaired) electrons. The number of alkyl halides is 2. The van der Waals surface area contributed by atoms with Crippen LogP contribution in [0.15, 0.2) is 97.1 Å². The van der Waals surface area contributed by atoms with Gasteiger partial charge >= 0.3 is 25.8 Å². The second kappa shape index (κ2) is 35.7. The van der Waals surface area contributed by atoms with Gasteiger partial charge in [0.15, 0.2) is 5.78 Å². The van der Waals surface area contributed by atoms with Crippen LogP contribution in [0.25, 0.3) is 21.5 Å². The van der Waals surface area contributed by atoms with Crippen LogP contribution in [0.2, 0.25) is 0 Å². The third kappa shape index (κ3) is 16.3. The van der Waals surface area contributed by atoms with Crippen LogP contribution >= 0.6 is 30.8 Å². The number of ketones is 1. The molecule has 5 aromatic carbocycles. The average Bonchev–Trinajstić information content (AvgIpc) is 0.637. The number of ether oxygens (including phenoxy) is 8. The minimum atomic E-state index is -3.97. The molecule has 3 heterocycles. The van der Waals surface area contributed by atoms with Crippen molar-refractivity contribution in [2.45, 2.75) is 64.0 Å². The number of imide groups is 1. The number of Topliss-reactive ketones (excluding diaryl/α,β-unsaturated/α-hetero) is 1. The predicted octanol–water partition coefficient (Wildman–Crippen LogP) is 8.18. The third-order valence-electron chi connectivity index (χ3n) is 23.8. The summed E-state index contributed by atoms with van der Waals surface area (Å²) in [7, 11) is -0.882. The summed E-state index contributed by atoms with van der Waals surface area (Å²) in [6.07, 6.45) is 1.37. The van der Waals surface area contributed by atoms with Crippen LogP contribution < -0.4 is 40.7 Å². The number of likely N-dealkylation sites (N-methyl/N-ethyl adjacent to an activating group) is 2. The number of benzene rings is 5. The summed E-state index contributed by atoms with van der Waals surface area (Å²) in [4.78, 5) is 151. The maximum Gasteiger partial charge on any atom is 0.415 e. The van der Waals surface area contributed by atoms with Crippen LogP contribution in [0, 0.1) is 58.2 Å². The van der Waals surface area contributed by atoms with Crippen molar-refractivity contribution in [1.82, 2.24) is 25.3 Å². The van der Waals surface area contributed by atoms with E-state index in [1.54, 1.807) is 57.3 Å². The molecule has 6 aliphatic carbocycles. The van der Waals surface area contributed by atoms with Gasteiger partial charge in [0.05, 0.1) is 114 Å². The average molecular weight is 1640 g/mol. The van der Waals surface area contributed by atoms with Crippen LogP contribution in [0.1, 0.15) is 68.1 Å². The summed E-state index contributed by atoms with van der Waals surface area (Å²) in [5.74, 6) is -2.07. The SMILES string of the molecule is CC(C)C(NC(=O)CCOCCOCCOCCOCCOCCOCCN1C(=O)C=CC1=O)C(=O)C[C@@H](CCCNC(N)=O)C(=O)Nc1ccc(COC(=O)N(C)CCN(C)C(=O)Oc2cc3c(c4ccccc24)C(CCl)CN3C(=O)C23C4C5C2C2C3C4C52C(=O)N2CC(CCl)c3c2cc(OP(C)(=O)O)c2ccccc32)cc1. The first-order valence-electron chi connectivity index (χ1n) is 38.8. The molecular weight excluding hydrogens is 1540 g/mol. The summed E-state index contributed by atoms with van der Waals surface area (Å²) in [5.41, 5.74) is 8.22. The van der Waals surface area contributed by atoms with E-state index in [-0.39, 0.29) is 184 Å². The maximum atomic E-state index is 15.4.